The Morgan fingerprint density at radius 2 is 2.11 bits per heavy atom. The Hall–Kier alpha value is -1.80. The first kappa shape index (κ1) is 12.2. The van der Waals surface area contributed by atoms with Gasteiger partial charge >= 0.3 is 0 Å². The average Bonchev–Trinajstić information content (AvgIpc) is 2.91. The lowest BCUT2D eigenvalue weighted by atomic mass is 10.2. The van der Waals surface area contributed by atoms with Crippen LogP contribution in [0.1, 0.15) is 23.2 Å². The van der Waals surface area contributed by atoms with Crippen molar-refractivity contribution in [3.05, 3.63) is 40.3 Å². The van der Waals surface area contributed by atoms with Gasteiger partial charge in [-0.3, -0.25) is 4.98 Å². The number of imidazole rings is 1. The molecule has 0 spiro atoms. The maximum atomic E-state index is 10.3. The Kier molecular flexibility index (Phi) is 2.83. The summed E-state index contributed by atoms with van der Waals surface area (Å²) in [6, 6.07) is 0. The maximum absolute atomic E-state index is 10.3. The van der Waals surface area contributed by atoms with Gasteiger partial charge in [-0.25, -0.2) is 4.98 Å². The van der Waals surface area contributed by atoms with Crippen molar-refractivity contribution in [2.45, 2.75) is 13.0 Å². The van der Waals surface area contributed by atoms with Gasteiger partial charge < -0.3 is 9.51 Å². The van der Waals surface area contributed by atoms with Gasteiger partial charge in [0.2, 0.25) is 0 Å². The summed E-state index contributed by atoms with van der Waals surface area (Å²) < 4.78 is 2.33. The summed E-state index contributed by atoms with van der Waals surface area (Å²) >= 11 is 3.27. The maximum Gasteiger partial charge on any atom is 0.155 e. The predicted octanol–water partition coefficient (Wildman–Crippen LogP) is 1.01. The molecule has 0 aliphatic heterocycles. The van der Waals surface area contributed by atoms with Gasteiger partial charge in [-0.05, 0) is 22.9 Å². The molecule has 0 saturated carbocycles. The van der Waals surface area contributed by atoms with Gasteiger partial charge in [0.1, 0.15) is 11.8 Å². The summed E-state index contributed by atoms with van der Waals surface area (Å²) in [5, 5.41) is 18.5. The normalized spacial score (nSPS) is 13.1. The molecule has 0 bridgehead atoms. The molecule has 98 valence electrons. The quantitative estimate of drug-likeness (QED) is 0.761. The second kappa shape index (κ2) is 4.39. The minimum atomic E-state index is -0.928. The van der Waals surface area contributed by atoms with Crippen LogP contribution in [0.5, 0.6) is 0 Å². The first-order valence-corrected chi connectivity index (χ1v) is 6.40. The van der Waals surface area contributed by atoms with E-state index in [1.165, 1.54) is 4.80 Å². The number of rotatable bonds is 2. The zero-order valence-electron chi connectivity index (χ0n) is 10.3. The molecule has 1 N–H and O–H groups in total. The van der Waals surface area contributed by atoms with Gasteiger partial charge in [-0.2, -0.15) is 9.90 Å². The van der Waals surface area contributed by atoms with E-state index in [4.69, 9.17) is 0 Å². The third kappa shape index (κ3) is 2.13. The fourth-order valence-electron chi connectivity index (χ4n) is 1.86. The molecule has 3 heterocycles. The van der Waals surface area contributed by atoms with Crippen LogP contribution in [0.15, 0.2) is 23.2 Å². The van der Waals surface area contributed by atoms with E-state index in [2.05, 4.69) is 36.1 Å². The fourth-order valence-corrected chi connectivity index (χ4v) is 2.38. The van der Waals surface area contributed by atoms with Crippen LogP contribution in [0.4, 0.5) is 0 Å². The van der Waals surface area contributed by atoms with Crippen LogP contribution < -0.4 is 0 Å². The summed E-state index contributed by atoms with van der Waals surface area (Å²) in [7, 11) is 1.69. The van der Waals surface area contributed by atoms with Gasteiger partial charge in [0.15, 0.2) is 10.3 Å². The van der Waals surface area contributed by atoms with Crippen molar-refractivity contribution < 1.29 is 5.11 Å². The molecule has 0 saturated heterocycles. The summed E-state index contributed by atoms with van der Waals surface area (Å²) in [4.78, 5) is 9.89. The zero-order valence-corrected chi connectivity index (χ0v) is 11.9. The summed E-state index contributed by atoms with van der Waals surface area (Å²) in [5.74, 6) is 0. The number of hydrogen-bond acceptors (Lipinski definition) is 5. The topological polar surface area (TPSA) is 81.1 Å². The van der Waals surface area contributed by atoms with Gasteiger partial charge in [-0.1, -0.05) is 0 Å². The standard InChI is InChI=1S/C11H11BrN6O/c1-6-4-18-5-7(14-8(18)3-13-6)10(19)9-11(12)16-17(2)15-9/h3-5,10,19H,1-2H3. The number of fused-ring (bicyclic) bond motifs is 1. The Balaban J connectivity index is 2.06. The van der Waals surface area contributed by atoms with E-state index in [1.54, 1.807) is 19.4 Å². The number of aryl methyl sites for hydroxylation is 2. The van der Waals surface area contributed by atoms with Crippen LogP contribution in [-0.4, -0.2) is 34.5 Å². The predicted molar refractivity (Wildman–Crippen MR) is 70.5 cm³/mol. The smallest absolute Gasteiger partial charge is 0.155 e. The molecule has 7 nitrogen and oxygen atoms in total. The van der Waals surface area contributed by atoms with Gasteiger partial charge in [0, 0.05) is 19.4 Å². The highest BCUT2D eigenvalue weighted by Gasteiger charge is 2.21. The Bertz CT molecular complexity index is 749. The molecular weight excluding hydrogens is 312 g/mol. The molecule has 0 aliphatic rings. The third-order valence-electron chi connectivity index (χ3n) is 2.72. The Morgan fingerprint density at radius 1 is 1.32 bits per heavy atom. The van der Waals surface area contributed by atoms with Crippen molar-refractivity contribution in [3.63, 3.8) is 0 Å². The van der Waals surface area contributed by atoms with E-state index >= 15 is 0 Å². The van der Waals surface area contributed by atoms with E-state index in [-0.39, 0.29) is 0 Å². The average molecular weight is 323 g/mol. The molecule has 0 aliphatic carbocycles. The number of aliphatic hydroxyl groups excluding tert-OH is 1. The molecule has 3 aromatic heterocycles. The summed E-state index contributed by atoms with van der Waals surface area (Å²) in [6.07, 6.45) is 4.35. The van der Waals surface area contributed by atoms with Crippen LogP contribution in [0, 0.1) is 6.92 Å². The molecule has 0 amide bonds. The van der Waals surface area contributed by atoms with E-state index in [9.17, 15) is 5.11 Å². The minimum Gasteiger partial charge on any atom is -0.380 e. The van der Waals surface area contributed by atoms with Crippen LogP contribution in [0.2, 0.25) is 0 Å². The third-order valence-corrected chi connectivity index (χ3v) is 3.29. The zero-order chi connectivity index (χ0) is 13.6. The SMILES string of the molecule is Cc1cn2cc(C(O)c3nn(C)nc3Br)nc2cn1. The molecule has 3 aromatic rings. The van der Waals surface area contributed by atoms with E-state index in [0.29, 0.717) is 21.6 Å². The summed E-state index contributed by atoms with van der Waals surface area (Å²) in [6.45, 7) is 1.90. The van der Waals surface area contributed by atoms with Gasteiger partial charge in [0.25, 0.3) is 0 Å². The monoisotopic (exact) mass is 322 g/mol. The van der Waals surface area contributed by atoms with Crippen molar-refractivity contribution in [2.24, 2.45) is 7.05 Å². The van der Waals surface area contributed by atoms with Crippen molar-refractivity contribution >= 4 is 21.6 Å². The lowest BCUT2D eigenvalue weighted by Gasteiger charge is -2.02. The molecule has 0 radical (unpaired) electrons. The highest BCUT2D eigenvalue weighted by Crippen LogP contribution is 2.25. The second-order valence-corrected chi connectivity index (χ2v) is 4.98. The lowest BCUT2D eigenvalue weighted by Crippen LogP contribution is -2.02. The molecule has 19 heavy (non-hydrogen) atoms. The molecule has 1 unspecified atom stereocenters. The summed E-state index contributed by atoms with van der Waals surface area (Å²) in [5.41, 5.74) is 2.51. The number of aromatic nitrogens is 6. The Labute approximate surface area is 117 Å². The van der Waals surface area contributed by atoms with Gasteiger partial charge in [0.05, 0.1) is 17.6 Å². The first-order valence-electron chi connectivity index (χ1n) is 5.60. The number of halogens is 1. The molecular formula is C11H11BrN6O. The highest BCUT2D eigenvalue weighted by molar-refractivity contribution is 9.10. The number of aliphatic hydroxyl groups is 1. The highest BCUT2D eigenvalue weighted by atomic mass is 79.9. The molecule has 8 heteroatoms. The second-order valence-electron chi connectivity index (χ2n) is 4.23. The fraction of sp³-hybridized carbons (Fsp3) is 0.273. The van der Waals surface area contributed by atoms with Crippen LogP contribution >= 0.6 is 15.9 Å². The van der Waals surface area contributed by atoms with Crippen LogP contribution in [0.25, 0.3) is 5.65 Å². The van der Waals surface area contributed by atoms with Crippen LogP contribution in [-0.2, 0) is 7.05 Å². The largest absolute Gasteiger partial charge is 0.380 e. The van der Waals surface area contributed by atoms with Crippen LogP contribution in [0.3, 0.4) is 0 Å². The van der Waals surface area contributed by atoms with E-state index in [0.717, 1.165) is 5.69 Å². The van der Waals surface area contributed by atoms with Crippen molar-refractivity contribution in [2.75, 3.05) is 0 Å². The number of nitrogens with zero attached hydrogens (tertiary/aromatic N) is 6. The van der Waals surface area contributed by atoms with Crippen molar-refractivity contribution in [3.8, 4) is 0 Å². The molecule has 0 aromatic carbocycles. The first-order chi connectivity index (χ1) is 9.04. The van der Waals surface area contributed by atoms with Crippen molar-refractivity contribution in [1.29, 1.82) is 0 Å². The van der Waals surface area contributed by atoms with Crippen molar-refractivity contribution in [1.82, 2.24) is 29.4 Å². The molecule has 1 atom stereocenters. The molecule has 3 rings (SSSR count). The lowest BCUT2D eigenvalue weighted by molar-refractivity contribution is 0.209. The molecule has 0 fully saturated rings. The van der Waals surface area contributed by atoms with E-state index in [1.807, 2.05) is 17.5 Å². The van der Waals surface area contributed by atoms with E-state index < -0.39 is 6.10 Å². The minimum absolute atomic E-state index is 0.440. The Morgan fingerprint density at radius 3 is 2.79 bits per heavy atom. The number of hydrogen-bond donors (Lipinski definition) is 1. The van der Waals surface area contributed by atoms with Gasteiger partial charge in [-0.15, -0.1) is 5.10 Å².